The van der Waals surface area contributed by atoms with Crippen molar-refractivity contribution in [2.75, 3.05) is 13.7 Å². The molecule has 1 heterocycles. The molecule has 0 radical (unpaired) electrons. The number of ether oxygens (including phenoxy) is 1. The Labute approximate surface area is 177 Å². The third-order valence-electron chi connectivity index (χ3n) is 5.30. The van der Waals surface area contributed by atoms with Crippen LogP contribution in [0.25, 0.3) is 10.9 Å². The van der Waals surface area contributed by atoms with E-state index in [1.165, 1.54) is 6.92 Å². The molecule has 2 aromatic carbocycles. The first-order valence-corrected chi connectivity index (χ1v) is 10.2. The van der Waals surface area contributed by atoms with Gasteiger partial charge in [-0.25, -0.2) is 0 Å². The molecule has 0 fully saturated rings. The second kappa shape index (κ2) is 9.48. The summed E-state index contributed by atoms with van der Waals surface area (Å²) in [5.41, 5.74) is 3.23. The summed E-state index contributed by atoms with van der Waals surface area (Å²) < 4.78 is 5.29. The third kappa shape index (κ3) is 4.82. The molecule has 0 aliphatic rings. The largest absolute Gasteiger partial charge is 0.497 e. The van der Waals surface area contributed by atoms with Crippen molar-refractivity contribution in [3.05, 3.63) is 65.9 Å². The van der Waals surface area contributed by atoms with Crippen molar-refractivity contribution in [1.82, 2.24) is 15.6 Å². The maximum atomic E-state index is 12.8. The fraction of sp³-hybridized carbons (Fsp3) is 0.333. The smallest absolute Gasteiger partial charge is 0.242 e. The molecular weight excluding hydrogens is 378 g/mol. The zero-order valence-corrected chi connectivity index (χ0v) is 17.9. The van der Waals surface area contributed by atoms with Crippen LogP contribution in [0, 0.1) is 5.92 Å². The molecule has 1 aromatic heterocycles. The first kappa shape index (κ1) is 21.4. The number of carbonyl (C=O) groups excluding carboxylic acids is 2. The molecule has 0 bridgehead atoms. The number of methoxy groups -OCH3 is 1. The van der Waals surface area contributed by atoms with Gasteiger partial charge in [-0.15, -0.1) is 0 Å². The normalized spacial score (nSPS) is 13.1. The van der Waals surface area contributed by atoms with E-state index in [1.807, 2.05) is 62.5 Å². The van der Waals surface area contributed by atoms with Crippen molar-refractivity contribution in [2.24, 2.45) is 5.92 Å². The van der Waals surface area contributed by atoms with E-state index >= 15 is 0 Å². The molecule has 6 heteroatoms. The average molecular weight is 408 g/mol. The molecule has 3 rings (SSSR count). The highest BCUT2D eigenvalue weighted by Gasteiger charge is 2.25. The Bertz CT molecular complexity index is 1010. The Hall–Kier alpha value is -3.28. The van der Waals surface area contributed by atoms with E-state index in [0.29, 0.717) is 6.54 Å². The topological polar surface area (TPSA) is 83.2 Å². The fourth-order valence-corrected chi connectivity index (χ4v) is 3.69. The summed E-state index contributed by atoms with van der Waals surface area (Å²) in [5, 5.41) is 6.92. The molecule has 0 spiro atoms. The lowest BCUT2D eigenvalue weighted by molar-refractivity contribution is -0.129. The number of para-hydroxylation sites is 1. The number of fused-ring (bicyclic) bond motifs is 1. The molecule has 0 saturated carbocycles. The Morgan fingerprint density at radius 3 is 2.40 bits per heavy atom. The zero-order chi connectivity index (χ0) is 21.7. The maximum absolute atomic E-state index is 12.8. The van der Waals surface area contributed by atoms with Crippen LogP contribution in [0.2, 0.25) is 0 Å². The van der Waals surface area contributed by atoms with Crippen LogP contribution in [-0.4, -0.2) is 36.5 Å². The lowest BCUT2D eigenvalue weighted by atomic mass is 9.90. The van der Waals surface area contributed by atoms with Crippen LogP contribution in [0.3, 0.4) is 0 Å². The van der Waals surface area contributed by atoms with E-state index in [4.69, 9.17) is 4.74 Å². The number of nitrogens with one attached hydrogen (secondary N) is 3. The molecule has 30 heavy (non-hydrogen) atoms. The van der Waals surface area contributed by atoms with Crippen LogP contribution >= 0.6 is 0 Å². The van der Waals surface area contributed by atoms with Gasteiger partial charge in [-0.2, -0.15) is 0 Å². The second-order valence-corrected chi connectivity index (χ2v) is 7.78. The second-order valence-electron chi connectivity index (χ2n) is 7.78. The van der Waals surface area contributed by atoms with Gasteiger partial charge < -0.3 is 20.4 Å². The van der Waals surface area contributed by atoms with Crippen molar-refractivity contribution < 1.29 is 14.3 Å². The number of hydrogen-bond acceptors (Lipinski definition) is 3. The zero-order valence-electron chi connectivity index (χ0n) is 17.9. The van der Waals surface area contributed by atoms with Gasteiger partial charge in [-0.3, -0.25) is 9.59 Å². The minimum atomic E-state index is -0.568. The van der Waals surface area contributed by atoms with Gasteiger partial charge in [-0.05, 0) is 35.2 Å². The van der Waals surface area contributed by atoms with E-state index in [2.05, 4.69) is 21.7 Å². The molecule has 2 unspecified atom stereocenters. The van der Waals surface area contributed by atoms with Crippen molar-refractivity contribution >= 4 is 22.7 Å². The molecule has 2 atom stereocenters. The summed E-state index contributed by atoms with van der Waals surface area (Å²) in [5.74, 6) is 0.319. The third-order valence-corrected chi connectivity index (χ3v) is 5.30. The van der Waals surface area contributed by atoms with Crippen LogP contribution in [0.1, 0.15) is 37.8 Å². The highest BCUT2D eigenvalue weighted by Crippen LogP contribution is 2.31. The van der Waals surface area contributed by atoms with E-state index in [9.17, 15) is 9.59 Å². The lowest BCUT2D eigenvalue weighted by Crippen LogP contribution is -2.49. The van der Waals surface area contributed by atoms with Gasteiger partial charge in [0.25, 0.3) is 0 Å². The van der Waals surface area contributed by atoms with Crippen molar-refractivity contribution in [1.29, 1.82) is 0 Å². The molecule has 2 amide bonds. The highest BCUT2D eigenvalue weighted by atomic mass is 16.5. The van der Waals surface area contributed by atoms with Gasteiger partial charge in [0.05, 0.1) is 7.11 Å². The fourth-order valence-electron chi connectivity index (χ4n) is 3.69. The monoisotopic (exact) mass is 407 g/mol. The summed E-state index contributed by atoms with van der Waals surface area (Å²) in [6, 6.07) is 15.4. The molecule has 0 saturated heterocycles. The number of carbonyl (C=O) groups is 2. The predicted octanol–water partition coefficient (Wildman–Crippen LogP) is 3.59. The predicted molar refractivity (Wildman–Crippen MR) is 119 cm³/mol. The molecule has 3 N–H and O–H groups in total. The van der Waals surface area contributed by atoms with Crippen LogP contribution < -0.4 is 15.4 Å². The number of rotatable bonds is 8. The Kier molecular flexibility index (Phi) is 6.77. The SMILES string of the molecule is COc1ccc(C(CNC(=O)C(NC(C)=O)C(C)C)c2c[nH]c3ccccc23)cc1. The molecule has 0 aliphatic heterocycles. The van der Waals surface area contributed by atoms with Gasteiger partial charge in [0.2, 0.25) is 11.8 Å². The van der Waals surface area contributed by atoms with Gasteiger partial charge in [0.15, 0.2) is 0 Å². The number of benzene rings is 2. The highest BCUT2D eigenvalue weighted by molar-refractivity contribution is 5.87. The summed E-state index contributed by atoms with van der Waals surface area (Å²) >= 11 is 0. The van der Waals surface area contributed by atoms with E-state index in [-0.39, 0.29) is 23.7 Å². The molecule has 0 aliphatic carbocycles. The minimum Gasteiger partial charge on any atom is -0.497 e. The quantitative estimate of drug-likeness (QED) is 0.534. The summed E-state index contributed by atoms with van der Waals surface area (Å²) in [6.45, 7) is 5.67. The van der Waals surface area contributed by atoms with Crippen LogP contribution in [0.15, 0.2) is 54.7 Å². The average Bonchev–Trinajstić information content (AvgIpc) is 3.16. The van der Waals surface area contributed by atoms with Gasteiger partial charge in [-0.1, -0.05) is 44.2 Å². The first-order valence-electron chi connectivity index (χ1n) is 10.2. The minimum absolute atomic E-state index is 0.0126. The number of aromatic nitrogens is 1. The Morgan fingerprint density at radius 1 is 1.07 bits per heavy atom. The number of H-pyrrole nitrogens is 1. The lowest BCUT2D eigenvalue weighted by Gasteiger charge is -2.24. The molecular formula is C24H29N3O3. The molecule has 158 valence electrons. The maximum Gasteiger partial charge on any atom is 0.242 e. The van der Waals surface area contributed by atoms with E-state index in [1.54, 1.807) is 7.11 Å². The Balaban J connectivity index is 1.89. The van der Waals surface area contributed by atoms with Crippen molar-refractivity contribution in [3.8, 4) is 5.75 Å². The standard InChI is InChI=1S/C24H29N3O3/c1-15(2)23(27-16(3)28)24(29)26-13-20(17-9-11-18(30-4)12-10-17)21-14-25-22-8-6-5-7-19(21)22/h5-12,14-15,20,23,25H,13H2,1-4H3,(H,26,29)(H,27,28). The van der Waals surface area contributed by atoms with Gasteiger partial charge >= 0.3 is 0 Å². The van der Waals surface area contributed by atoms with Crippen LogP contribution in [0.5, 0.6) is 5.75 Å². The summed E-state index contributed by atoms with van der Waals surface area (Å²) in [4.78, 5) is 27.7. The Morgan fingerprint density at radius 2 is 1.77 bits per heavy atom. The number of amides is 2. The van der Waals surface area contributed by atoms with Gasteiger partial charge in [0.1, 0.15) is 11.8 Å². The van der Waals surface area contributed by atoms with Crippen molar-refractivity contribution in [2.45, 2.75) is 32.7 Å². The summed E-state index contributed by atoms with van der Waals surface area (Å²) in [6.07, 6.45) is 2.00. The van der Waals surface area contributed by atoms with Crippen LogP contribution in [-0.2, 0) is 9.59 Å². The van der Waals surface area contributed by atoms with E-state index in [0.717, 1.165) is 27.8 Å². The summed E-state index contributed by atoms with van der Waals surface area (Å²) in [7, 11) is 1.64. The molecule has 6 nitrogen and oxygen atoms in total. The van der Waals surface area contributed by atoms with E-state index < -0.39 is 6.04 Å². The van der Waals surface area contributed by atoms with Crippen molar-refractivity contribution in [3.63, 3.8) is 0 Å². The number of aromatic amines is 1. The molecule has 3 aromatic rings. The first-order chi connectivity index (χ1) is 14.4. The van der Waals surface area contributed by atoms with Crippen LogP contribution in [0.4, 0.5) is 0 Å². The van der Waals surface area contributed by atoms with Gasteiger partial charge in [0, 0.05) is 36.5 Å². The number of hydrogen-bond donors (Lipinski definition) is 3.